The van der Waals surface area contributed by atoms with Crippen LogP contribution in [0.15, 0.2) is 29.2 Å². The van der Waals surface area contributed by atoms with Gasteiger partial charge in [0.2, 0.25) is 0 Å². The number of aryl methyl sites for hydroxylation is 1. The molecule has 1 aromatic carbocycles. The van der Waals surface area contributed by atoms with Crippen LogP contribution in [0.3, 0.4) is 0 Å². The highest BCUT2D eigenvalue weighted by molar-refractivity contribution is 7.86. The average molecular weight is 497 g/mol. The van der Waals surface area contributed by atoms with Gasteiger partial charge in [-0.1, -0.05) is 135 Å². The Labute approximate surface area is 211 Å². The largest absolute Gasteiger partial charge is 0.390 e. The highest BCUT2D eigenvalue weighted by Crippen LogP contribution is 2.29. The van der Waals surface area contributed by atoms with Gasteiger partial charge in [-0.15, -0.1) is 0 Å². The van der Waals surface area contributed by atoms with E-state index in [-0.39, 0.29) is 16.9 Å². The molecule has 1 aromatic rings. The van der Waals surface area contributed by atoms with E-state index in [1.165, 1.54) is 95.6 Å². The van der Waals surface area contributed by atoms with Crippen LogP contribution < -0.4 is 0 Å². The van der Waals surface area contributed by atoms with Crippen LogP contribution in [-0.2, 0) is 14.3 Å². The van der Waals surface area contributed by atoms with Crippen molar-refractivity contribution < 1.29 is 17.7 Å². The van der Waals surface area contributed by atoms with Gasteiger partial charge in [-0.25, -0.2) is 0 Å². The van der Waals surface area contributed by atoms with Gasteiger partial charge in [0.25, 0.3) is 10.1 Å². The van der Waals surface area contributed by atoms with Crippen molar-refractivity contribution in [3.8, 4) is 0 Å². The van der Waals surface area contributed by atoms with Crippen molar-refractivity contribution in [1.82, 2.24) is 0 Å². The normalized spacial score (nSPS) is 13.3. The van der Waals surface area contributed by atoms with E-state index in [0.717, 1.165) is 24.8 Å². The summed E-state index contributed by atoms with van der Waals surface area (Å²) in [5.41, 5.74) is 0.614. The Morgan fingerprint density at radius 2 is 1.18 bits per heavy atom. The second kappa shape index (κ2) is 17.5. The Bertz CT molecular complexity index is 725. The molecule has 0 saturated heterocycles. The van der Waals surface area contributed by atoms with Gasteiger partial charge in [0.05, 0.1) is 17.6 Å². The molecule has 34 heavy (non-hydrogen) atoms. The molecule has 1 N–H and O–H groups in total. The van der Waals surface area contributed by atoms with Crippen molar-refractivity contribution in [2.75, 3.05) is 6.61 Å². The third kappa shape index (κ3) is 13.8. The molecule has 0 bridgehead atoms. The molecule has 0 aromatic heterocycles. The van der Waals surface area contributed by atoms with Gasteiger partial charge >= 0.3 is 0 Å². The molecule has 198 valence electrons. The minimum absolute atomic E-state index is 0.130. The predicted octanol–water partition coefficient (Wildman–Crippen LogP) is 8.35. The zero-order valence-corrected chi connectivity index (χ0v) is 23.3. The van der Waals surface area contributed by atoms with Crippen molar-refractivity contribution in [1.29, 1.82) is 0 Å². The summed E-state index contributed by atoms with van der Waals surface area (Å²) in [4.78, 5) is 0.130. The highest BCUT2D eigenvalue weighted by atomic mass is 32.2. The van der Waals surface area contributed by atoms with Crippen LogP contribution in [0.5, 0.6) is 0 Å². The number of aliphatic hydroxyl groups is 1. The maximum atomic E-state index is 12.3. The molecule has 1 atom stereocenters. The topological polar surface area (TPSA) is 63.6 Å². The third-order valence-corrected chi connectivity index (χ3v) is 8.31. The minimum Gasteiger partial charge on any atom is -0.390 e. The zero-order chi connectivity index (χ0) is 25.3. The molecule has 0 saturated carbocycles. The standard InChI is InChI=1S/C29H52O4S/c1-5-6-7-8-9-10-11-12-13-14-15-16-17-18-19-24-29(3,4)28(30)25-33-34(31,32)27-22-20-26(2)21-23-27/h20-23,28,30H,5-19,24-25H2,1-4H3. The lowest BCUT2D eigenvalue weighted by Gasteiger charge is -2.30. The summed E-state index contributed by atoms with van der Waals surface area (Å²) in [6, 6.07) is 6.57. The van der Waals surface area contributed by atoms with Crippen LogP contribution in [0.4, 0.5) is 0 Å². The molecule has 4 nitrogen and oxygen atoms in total. The van der Waals surface area contributed by atoms with E-state index in [1.54, 1.807) is 12.1 Å². The predicted molar refractivity (Wildman–Crippen MR) is 144 cm³/mol. The van der Waals surface area contributed by atoms with Gasteiger partial charge < -0.3 is 5.11 Å². The first-order chi connectivity index (χ1) is 16.2. The fraction of sp³-hybridized carbons (Fsp3) is 0.793. The molecule has 0 aliphatic heterocycles. The number of hydrogen-bond donors (Lipinski definition) is 1. The second-order valence-corrected chi connectivity index (χ2v) is 12.4. The third-order valence-electron chi connectivity index (χ3n) is 7.02. The molecular weight excluding hydrogens is 444 g/mol. The van der Waals surface area contributed by atoms with E-state index >= 15 is 0 Å². The smallest absolute Gasteiger partial charge is 0.297 e. The number of hydrogen-bond acceptors (Lipinski definition) is 4. The summed E-state index contributed by atoms with van der Waals surface area (Å²) in [6.07, 6.45) is 20.0. The molecule has 0 radical (unpaired) electrons. The maximum absolute atomic E-state index is 12.3. The van der Waals surface area contributed by atoms with Crippen molar-refractivity contribution >= 4 is 10.1 Å². The first-order valence-electron chi connectivity index (χ1n) is 13.8. The lowest BCUT2D eigenvalue weighted by atomic mass is 9.81. The summed E-state index contributed by atoms with van der Waals surface area (Å²) in [5.74, 6) is 0. The van der Waals surface area contributed by atoms with Crippen LogP contribution in [0, 0.1) is 12.3 Å². The number of benzene rings is 1. The second-order valence-electron chi connectivity index (χ2n) is 10.8. The molecule has 0 amide bonds. The van der Waals surface area contributed by atoms with Gasteiger partial charge in [-0.05, 0) is 30.9 Å². The minimum atomic E-state index is -3.84. The maximum Gasteiger partial charge on any atom is 0.297 e. The van der Waals surface area contributed by atoms with Crippen molar-refractivity contribution in [3.63, 3.8) is 0 Å². The van der Waals surface area contributed by atoms with Crippen LogP contribution in [-0.4, -0.2) is 26.2 Å². The van der Waals surface area contributed by atoms with Crippen LogP contribution >= 0.6 is 0 Å². The Hall–Kier alpha value is -0.910. The lowest BCUT2D eigenvalue weighted by molar-refractivity contribution is 0.00742. The molecule has 0 aliphatic rings. The van der Waals surface area contributed by atoms with Gasteiger partial charge in [0.15, 0.2) is 0 Å². The molecular formula is C29H52O4S. The molecule has 0 fully saturated rings. The molecule has 1 rings (SSSR count). The Morgan fingerprint density at radius 3 is 1.62 bits per heavy atom. The Kier molecular flexibility index (Phi) is 16.0. The number of rotatable bonds is 21. The fourth-order valence-corrected chi connectivity index (χ4v) is 5.18. The zero-order valence-electron chi connectivity index (χ0n) is 22.5. The van der Waals surface area contributed by atoms with E-state index in [4.69, 9.17) is 4.18 Å². The van der Waals surface area contributed by atoms with E-state index in [1.807, 2.05) is 20.8 Å². The first kappa shape index (κ1) is 31.1. The van der Waals surface area contributed by atoms with Crippen molar-refractivity contribution in [3.05, 3.63) is 29.8 Å². The Morgan fingerprint density at radius 1 is 0.765 bits per heavy atom. The van der Waals surface area contributed by atoms with Crippen LogP contribution in [0.25, 0.3) is 0 Å². The average Bonchev–Trinajstić information content (AvgIpc) is 2.80. The van der Waals surface area contributed by atoms with Crippen LogP contribution in [0.1, 0.15) is 129 Å². The summed E-state index contributed by atoms with van der Waals surface area (Å²) >= 11 is 0. The molecule has 0 spiro atoms. The van der Waals surface area contributed by atoms with E-state index in [0.29, 0.717) is 0 Å². The number of unbranched alkanes of at least 4 members (excludes halogenated alkanes) is 14. The van der Waals surface area contributed by atoms with E-state index in [2.05, 4.69) is 6.92 Å². The molecule has 0 heterocycles. The Balaban J connectivity index is 2.07. The summed E-state index contributed by atoms with van der Waals surface area (Å²) < 4.78 is 29.9. The SMILES string of the molecule is CCCCCCCCCCCCCCCCCC(C)(C)C(O)COS(=O)(=O)c1ccc(C)cc1. The summed E-state index contributed by atoms with van der Waals surface area (Å²) in [6.45, 7) is 7.95. The monoisotopic (exact) mass is 496 g/mol. The van der Waals surface area contributed by atoms with Crippen molar-refractivity contribution in [2.45, 2.75) is 141 Å². The summed E-state index contributed by atoms with van der Waals surface area (Å²) in [5, 5.41) is 10.6. The van der Waals surface area contributed by atoms with Gasteiger partial charge in [-0.3, -0.25) is 4.18 Å². The van der Waals surface area contributed by atoms with Gasteiger partial charge in [-0.2, -0.15) is 8.42 Å². The van der Waals surface area contributed by atoms with Crippen LogP contribution in [0.2, 0.25) is 0 Å². The fourth-order valence-electron chi connectivity index (χ4n) is 4.27. The van der Waals surface area contributed by atoms with E-state index in [9.17, 15) is 13.5 Å². The number of aliphatic hydroxyl groups excluding tert-OH is 1. The first-order valence-corrected chi connectivity index (χ1v) is 15.2. The molecule has 0 aliphatic carbocycles. The van der Waals surface area contributed by atoms with Crippen molar-refractivity contribution in [2.24, 2.45) is 5.41 Å². The highest BCUT2D eigenvalue weighted by Gasteiger charge is 2.29. The summed E-state index contributed by atoms with van der Waals surface area (Å²) in [7, 11) is -3.84. The lowest BCUT2D eigenvalue weighted by Crippen LogP contribution is -2.34. The van der Waals surface area contributed by atoms with E-state index < -0.39 is 16.2 Å². The molecule has 5 heteroatoms. The van der Waals surface area contributed by atoms with Gasteiger partial charge in [0.1, 0.15) is 0 Å². The quantitative estimate of drug-likeness (QED) is 0.137. The molecule has 1 unspecified atom stereocenters. The van der Waals surface area contributed by atoms with Gasteiger partial charge in [0, 0.05) is 0 Å².